The van der Waals surface area contributed by atoms with Crippen molar-refractivity contribution in [1.82, 2.24) is 0 Å². The predicted octanol–water partition coefficient (Wildman–Crippen LogP) is 1.52. The Morgan fingerprint density at radius 2 is 1.35 bits per heavy atom. The highest BCUT2D eigenvalue weighted by Gasteiger charge is 2.23. The molecule has 0 atom stereocenters. The molecule has 2 rings (SSSR count). The van der Waals surface area contributed by atoms with Crippen molar-refractivity contribution in [2.45, 2.75) is 0 Å². The van der Waals surface area contributed by atoms with E-state index in [9.17, 15) is 19.2 Å². The van der Waals surface area contributed by atoms with Gasteiger partial charge in [-0.1, -0.05) is 30.3 Å². The lowest BCUT2D eigenvalue weighted by atomic mass is 10.0. The molecule has 0 unspecified atom stereocenters. The van der Waals surface area contributed by atoms with Gasteiger partial charge in [-0.05, 0) is 12.1 Å². The maximum absolute atomic E-state index is 12.5. The van der Waals surface area contributed by atoms with Gasteiger partial charge < -0.3 is 14.2 Å². The number of ether oxygens (including phenoxy) is 3. The summed E-state index contributed by atoms with van der Waals surface area (Å²) in [6.45, 7) is 0.233. The minimum atomic E-state index is -0.462. The molecule has 0 aliphatic carbocycles. The van der Waals surface area contributed by atoms with Crippen LogP contribution < -0.4 is 14.2 Å². The molecule has 2 aromatic carbocycles. The van der Waals surface area contributed by atoms with Gasteiger partial charge >= 0.3 is 0 Å². The maximum Gasteiger partial charge on any atom is 0.298 e. The number of benzene rings is 2. The van der Waals surface area contributed by atoms with Crippen LogP contribution in [0.2, 0.25) is 0 Å². The Bertz CT molecular complexity index is 738. The third-order valence-corrected chi connectivity index (χ3v) is 2.86. The highest BCUT2D eigenvalue weighted by Crippen LogP contribution is 2.40. The van der Waals surface area contributed by atoms with Crippen LogP contribution in [-0.4, -0.2) is 25.2 Å². The van der Waals surface area contributed by atoms with Gasteiger partial charge in [0.05, 0.1) is 5.56 Å². The van der Waals surface area contributed by atoms with Crippen molar-refractivity contribution in [3.63, 3.8) is 0 Å². The van der Waals surface area contributed by atoms with Gasteiger partial charge in [0.1, 0.15) is 0 Å². The molecule has 23 heavy (non-hydrogen) atoms. The standard InChI is InChI=1S/C16H10O7/c17-8-21-13-7-6-12(14(20)11-4-2-1-3-5-11)15(22-9-18)16(13)23-10-19/h1-10H. The quantitative estimate of drug-likeness (QED) is 0.538. The predicted molar refractivity (Wildman–Crippen MR) is 76.4 cm³/mol. The van der Waals surface area contributed by atoms with Crippen LogP contribution in [0.3, 0.4) is 0 Å². The van der Waals surface area contributed by atoms with Crippen molar-refractivity contribution in [3.8, 4) is 17.2 Å². The van der Waals surface area contributed by atoms with Gasteiger partial charge in [0, 0.05) is 5.56 Å². The molecule has 0 N–H and O–H groups in total. The molecule has 7 heteroatoms. The Hall–Kier alpha value is -3.48. The molecule has 0 fully saturated rings. The molecule has 0 aliphatic heterocycles. The second-order valence-corrected chi connectivity index (χ2v) is 4.11. The molecule has 116 valence electrons. The van der Waals surface area contributed by atoms with E-state index in [-0.39, 0.29) is 42.2 Å². The zero-order valence-corrected chi connectivity index (χ0v) is 11.6. The van der Waals surface area contributed by atoms with Crippen molar-refractivity contribution in [3.05, 3.63) is 53.6 Å². The van der Waals surface area contributed by atoms with Crippen LogP contribution in [0, 0.1) is 0 Å². The lowest BCUT2D eigenvalue weighted by Crippen LogP contribution is -2.08. The van der Waals surface area contributed by atoms with E-state index < -0.39 is 5.78 Å². The summed E-state index contributed by atoms with van der Waals surface area (Å²) in [5, 5.41) is 0. The van der Waals surface area contributed by atoms with E-state index in [0.717, 1.165) is 0 Å². The fourth-order valence-electron chi connectivity index (χ4n) is 1.94. The van der Waals surface area contributed by atoms with Crippen LogP contribution in [0.15, 0.2) is 42.5 Å². The first-order valence-electron chi connectivity index (χ1n) is 6.30. The number of hydrogen-bond donors (Lipinski definition) is 0. The van der Waals surface area contributed by atoms with Crippen molar-refractivity contribution < 1.29 is 33.4 Å². The van der Waals surface area contributed by atoms with E-state index in [1.165, 1.54) is 12.1 Å². The smallest absolute Gasteiger partial charge is 0.298 e. The molecular weight excluding hydrogens is 304 g/mol. The second kappa shape index (κ2) is 7.51. The average Bonchev–Trinajstić information content (AvgIpc) is 2.58. The fraction of sp³-hybridized carbons (Fsp3) is 0. The average molecular weight is 314 g/mol. The molecule has 0 bridgehead atoms. The fourth-order valence-corrected chi connectivity index (χ4v) is 1.94. The van der Waals surface area contributed by atoms with Crippen LogP contribution in [-0.2, 0) is 14.4 Å². The van der Waals surface area contributed by atoms with Crippen LogP contribution in [0.4, 0.5) is 0 Å². The summed E-state index contributed by atoms with van der Waals surface area (Å²) in [5.41, 5.74) is 0.308. The van der Waals surface area contributed by atoms with Gasteiger partial charge in [-0.25, -0.2) is 0 Å². The Labute approximate surface area is 130 Å². The lowest BCUT2D eigenvalue weighted by molar-refractivity contribution is -0.124. The summed E-state index contributed by atoms with van der Waals surface area (Å²) in [4.78, 5) is 44.4. The molecule has 0 radical (unpaired) electrons. The van der Waals surface area contributed by atoms with Crippen molar-refractivity contribution in [2.24, 2.45) is 0 Å². The van der Waals surface area contributed by atoms with Gasteiger partial charge in [-0.15, -0.1) is 0 Å². The monoisotopic (exact) mass is 314 g/mol. The summed E-state index contributed by atoms with van der Waals surface area (Å²) in [7, 11) is 0. The Morgan fingerprint density at radius 3 is 1.96 bits per heavy atom. The number of hydrogen-bond acceptors (Lipinski definition) is 7. The van der Waals surface area contributed by atoms with E-state index in [4.69, 9.17) is 9.47 Å². The van der Waals surface area contributed by atoms with E-state index in [1.54, 1.807) is 30.3 Å². The van der Waals surface area contributed by atoms with Crippen LogP contribution in [0.1, 0.15) is 15.9 Å². The van der Waals surface area contributed by atoms with Gasteiger partial charge in [-0.3, -0.25) is 19.2 Å². The lowest BCUT2D eigenvalue weighted by Gasteiger charge is -2.13. The number of carbonyl (C=O) groups is 4. The maximum atomic E-state index is 12.5. The largest absolute Gasteiger partial charge is 0.425 e. The molecule has 0 heterocycles. The Kier molecular flexibility index (Phi) is 5.19. The summed E-state index contributed by atoms with van der Waals surface area (Å²) in [6.07, 6.45) is 0. The Balaban J connectivity index is 2.60. The number of ketones is 1. The SMILES string of the molecule is O=COc1ccc(C(=O)c2ccccc2)c(OC=O)c1OC=O. The first-order valence-corrected chi connectivity index (χ1v) is 6.30. The highest BCUT2D eigenvalue weighted by molar-refractivity contribution is 6.11. The van der Waals surface area contributed by atoms with E-state index in [0.29, 0.717) is 5.56 Å². The normalized spacial score (nSPS) is 9.57. The van der Waals surface area contributed by atoms with E-state index in [2.05, 4.69) is 4.74 Å². The minimum Gasteiger partial charge on any atom is -0.425 e. The molecule has 0 amide bonds. The Morgan fingerprint density at radius 1 is 0.739 bits per heavy atom. The zero-order chi connectivity index (χ0) is 16.7. The van der Waals surface area contributed by atoms with Crippen LogP contribution in [0.25, 0.3) is 0 Å². The van der Waals surface area contributed by atoms with Crippen molar-refractivity contribution >= 4 is 25.2 Å². The first kappa shape index (κ1) is 15.9. The summed E-state index contributed by atoms with van der Waals surface area (Å²) in [5.74, 6) is -1.30. The minimum absolute atomic E-state index is 0.0293. The second-order valence-electron chi connectivity index (χ2n) is 4.11. The van der Waals surface area contributed by atoms with Gasteiger partial charge in [-0.2, -0.15) is 0 Å². The zero-order valence-electron chi connectivity index (χ0n) is 11.6. The van der Waals surface area contributed by atoms with E-state index in [1.807, 2.05) is 0 Å². The molecule has 7 nitrogen and oxygen atoms in total. The summed E-state index contributed by atoms with van der Waals surface area (Å²) in [6, 6.07) is 10.8. The molecular formula is C16H10O7. The van der Waals surface area contributed by atoms with Gasteiger partial charge in [0.2, 0.25) is 5.75 Å². The van der Waals surface area contributed by atoms with Crippen LogP contribution in [0.5, 0.6) is 17.2 Å². The first-order chi connectivity index (χ1) is 11.2. The number of rotatable bonds is 8. The molecule has 2 aromatic rings. The molecule has 0 saturated heterocycles. The van der Waals surface area contributed by atoms with E-state index >= 15 is 0 Å². The van der Waals surface area contributed by atoms with Crippen molar-refractivity contribution in [2.75, 3.05) is 0 Å². The summed E-state index contributed by atoms with van der Waals surface area (Å²) < 4.78 is 14.1. The van der Waals surface area contributed by atoms with Gasteiger partial charge in [0.15, 0.2) is 17.3 Å². The van der Waals surface area contributed by atoms with Gasteiger partial charge in [0.25, 0.3) is 19.4 Å². The topological polar surface area (TPSA) is 96.0 Å². The highest BCUT2D eigenvalue weighted by atomic mass is 16.6. The third kappa shape index (κ3) is 3.41. The van der Waals surface area contributed by atoms with Crippen LogP contribution >= 0.6 is 0 Å². The molecule has 0 spiro atoms. The molecule has 0 aliphatic rings. The third-order valence-electron chi connectivity index (χ3n) is 2.86. The molecule has 0 aromatic heterocycles. The summed E-state index contributed by atoms with van der Waals surface area (Å²) >= 11 is 0. The number of carbonyl (C=O) groups excluding carboxylic acids is 4. The van der Waals surface area contributed by atoms with Crippen molar-refractivity contribution in [1.29, 1.82) is 0 Å². The molecule has 0 saturated carbocycles.